The molecule has 0 atom stereocenters. The predicted molar refractivity (Wildman–Crippen MR) is 239 cm³/mol. The smallest absolute Gasteiger partial charge is 0.157 e. The van der Waals surface area contributed by atoms with Crippen molar-refractivity contribution in [1.29, 1.82) is 0 Å². The standard InChI is InChI=1S/C53H39N5/c1-5-14-38(15-6-1)44-34-48(40-18-9-3-10-19-40)55-50(36-44)42-23-27-46(28-24-42)57-32-33-58(53-52(57)22-13-31-54-53)47-29-25-43(26-30-47)51-37-45(39-16-7-2-8-17-39)35-49(56-51)41-20-11-4-12-21-41/h1-31,34-37H,32-33H2. The topological polar surface area (TPSA) is 45.2 Å². The third-order valence-electron chi connectivity index (χ3n) is 10.8. The van der Waals surface area contributed by atoms with E-state index in [1.807, 2.05) is 24.4 Å². The van der Waals surface area contributed by atoms with E-state index in [0.29, 0.717) is 0 Å². The van der Waals surface area contributed by atoms with Gasteiger partial charge in [-0.05, 0) is 82.9 Å². The summed E-state index contributed by atoms with van der Waals surface area (Å²) < 4.78 is 0. The van der Waals surface area contributed by atoms with E-state index in [0.717, 1.165) is 92.1 Å². The first kappa shape index (κ1) is 34.8. The van der Waals surface area contributed by atoms with E-state index in [9.17, 15) is 0 Å². The van der Waals surface area contributed by atoms with Gasteiger partial charge in [-0.1, -0.05) is 146 Å². The van der Waals surface area contributed by atoms with E-state index in [-0.39, 0.29) is 0 Å². The van der Waals surface area contributed by atoms with E-state index >= 15 is 0 Å². The monoisotopic (exact) mass is 745 g/mol. The van der Waals surface area contributed by atoms with Crippen molar-refractivity contribution in [3.8, 4) is 67.3 Å². The number of pyridine rings is 3. The van der Waals surface area contributed by atoms with E-state index in [1.54, 1.807) is 0 Å². The number of hydrogen-bond donors (Lipinski definition) is 0. The van der Waals surface area contributed by atoms with Gasteiger partial charge in [-0.3, -0.25) is 0 Å². The average molecular weight is 746 g/mol. The van der Waals surface area contributed by atoms with Crippen LogP contribution in [0.4, 0.5) is 22.9 Å². The van der Waals surface area contributed by atoms with Crippen molar-refractivity contribution in [3.63, 3.8) is 0 Å². The van der Waals surface area contributed by atoms with Crippen molar-refractivity contribution >= 4 is 22.9 Å². The first-order valence-corrected chi connectivity index (χ1v) is 19.7. The predicted octanol–water partition coefficient (Wildman–Crippen LogP) is 13.2. The molecule has 10 rings (SSSR count). The van der Waals surface area contributed by atoms with E-state index in [1.165, 1.54) is 11.1 Å². The number of rotatable bonds is 8. The molecule has 0 saturated heterocycles. The minimum absolute atomic E-state index is 0.784. The Morgan fingerprint density at radius 2 is 0.672 bits per heavy atom. The average Bonchev–Trinajstić information content (AvgIpc) is 3.32. The van der Waals surface area contributed by atoms with Crippen LogP contribution in [0.1, 0.15) is 0 Å². The fourth-order valence-corrected chi connectivity index (χ4v) is 7.84. The third kappa shape index (κ3) is 7.02. The van der Waals surface area contributed by atoms with Crippen LogP contribution < -0.4 is 9.80 Å². The van der Waals surface area contributed by atoms with Crippen LogP contribution >= 0.6 is 0 Å². The van der Waals surface area contributed by atoms with E-state index in [4.69, 9.17) is 15.0 Å². The fraction of sp³-hybridized carbons (Fsp3) is 0.0377. The van der Waals surface area contributed by atoms with Gasteiger partial charge >= 0.3 is 0 Å². The lowest BCUT2D eigenvalue weighted by molar-refractivity contribution is 0.833. The summed E-state index contributed by atoms with van der Waals surface area (Å²) in [7, 11) is 0. The van der Waals surface area contributed by atoms with Crippen molar-refractivity contribution in [1.82, 2.24) is 15.0 Å². The molecular weight excluding hydrogens is 707 g/mol. The van der Waals surface area contributed by atoms with Gasteiger partial charge < -0.3 is 9.80 Å². The van der Waals surface area contributed by atoms with Gasteiger partial charge in [0.15, 0.2) is 5.82 Å². The molecule has 0 radical (unpaired) electrons. The number of benzene rings is 6. The highest BCUT2D eigenvalue weighted by Crippen LogP contribution is 2.41. The molecule has 0 amide bonds. The molecule has 9 aromatic rings. The molecule has 0 N–H and O–H groups in total. The van der Waals surface area contributed by atoms with Gasteiger partial charge in [-0.15, -0.1) is 0 Å². The van der Waals surface area contributed by atoms with Crippen LogP contribution in [0.2, 0.25) is 0 Å². The number of fused-ring (bicyclic) bond motifs is 1. The summed E-state index contributed by atoms with van der Waals surface area (Å²) >= 11 is 0. The molecule has 0 spiro atoms. The van der Waals surface area contributed by atoms with Crippen LogP contribution in [0.25, 0.3) is 67.3 Å². The Hall–Kier alpha value is -7.63. The van der Waals surface area contributed by atoms with Crippen LogP contribution in [-0.4, -0.2) is 28.0 Å². The van der Waals surface area contributed by atoms with Gasteiger partial charge in [0.25, 0.3) is 0 Å². The van der Waals surface area contributed by atoms with Crippen LogP contribution in [-0.2, 0) is 0 Å². The lowest BCUT2D eigenvalue weighted by Crippen LogP contribution is -2.36. The van der Waals surface area contributed by atoms with Crippen LogP contribution in [0.5, 0.6) is 0 Å². The van der Waals surface area contributed by atoms with Crippen LogP contribution in [0, 0.1) is 0 Å². The van der Waals surface area contributed by atoms with Crippen molar-refractivity contribution in [2.45, 2.75) is 0 Å². The molecule has 0 saturated carbocycles. The minimum Gasteiger partial charge on any atom is -0.337 e. The summed E-state index contributed by atoms with van der Waals surface area (Å²) in [6, 6.07) is 72.3. The molecule has 0 unspecified atom stereocenters. The second-order valence-electron chi connectivity index (χ2n) is 14.5. The molecule has 5 heteroatoms. The summed E-state index contributed by atoms with van der Waals surface area (Å²) in [5, 5.41) is 0. The minimum atomic E-state index is 0.784. The summed E-state index contributed by atoms with van der Waals surface area (Å²) in [5.74, 6) is 0.936. The summed E-state index contributed by atoms with van der Waals surface area (Å²) in [4.78, 5) is 19.9. The SMILES string of the molecule is c1ccc(-c2cc(-c3ccccc3)nc(-c3ccc(N4CCN(c5ccc(-c6cc(-c7ccccc7)cc(-c7ccccc7)n6)cc5)c5ncccc54)cc3)c2)cc1. The maximum atomic E-state index is 5.15. The Bertz CT molecular complexity index is 2500. The Kier molecular flexibility index (Phi) is 9.30. The largest absolute Gasteiger partial charge is 0.337 e. The molecule has 5 nitrogen and oxygen atoms in total. The van der Waals surface area contributed by atoms with Gasteiger partial charge in [0, 0.05) is 52.9 Å². The van der Waals surface area contributed by atoms with Gasteiger partial charge in [0.2, 0.25) is 0 Å². The second kappa shape index (κ2) is 15.5. The highest BCUT2D eigenvalue weighted by molar-refractivity contribution is 5.84. The number of aromatic nitrogens is 3. The normalized spacial score (nSPS) is 12.3. The number of nitrogens with zero attached hydrogens (tertiary/aromatic N) is 5. The van der Waals surface area contributed by atoms with Crippen molar-refractivity contribution in [2.75, 3.05) is 22.9 Å². The molecule has 0 aliphatic carbocycles. The lowest BCUT2D eigenvalue weighted by Gasteiger charge is -2.38. The number of anilines is 4. The highest BCUT2D eigenvalue weighted by atomic mass is 15.3. The van der Waals surface area contributed by atoms with Gasteiger partial charge in [-0.25, -0.2) is 15.0 Å². The highest BCUT2D eigenvalue weighted by Gasteiger charge is 2.26. The Balaban J connectivity index is 0.936. The molecule has 1 aliphatic heterocycles. The molecule has 0 bridgehead atoms. The Morgan fingerprint density at radius 1 is 0.310 bits per heavy atom. The Morgan fingerprint density at radius 3 is 1.10 bits per heavy atom. The van der Waals surface area contributed by atoms with Crippen LogP contribution in [0.15, 0.2) is 212 Å². The third-order valence-corrected chi connectivity index (χ3v) is 10.8. The van der Waals surface area contributed by atoms with Crippen molar-refractivity contribution in [2.24, 2.45) is 0 Å². The molecule has 4 heterocycles. The molecule has 276 valence electrons. The fourth-order valence-electron chi connectivity index (χ4n) is 7.84. The van der Waals surface area contributed by atoms with Crippen molar-refractivity contribution in [3.05, 3.63) is 212 Å². The zero-order valence-corrected chi connectivity index (χ0v) is 31.9. The molecule has 6 aromatic carbocycles. The first-order chi connectivity index (χ1) is 28.7. The zero-order chi connectivity index (χ0) is 38.7. The quantitative estimate of drug-likeness (QED) is 0.155. The first-order valence-electron chi connectivity index (χ1n) is 19.7. The maximum absolute atomic E-state index is 5.15. The van der Waals surface area contributed by atoms with Crippen molar-refractivity contribution < 1.29 is 0 Å². The molecule has 58 heavy (non-hydrogen) atoms. The molecule has 3 aromatic heterocycles. The lowest BCUT2D eigenvalue weighted by atomic mass is 10.00. The van der Waals surface area contributed by atoms with Crippen LogP contribution in [0.3, 0.4) is 0 Å². The van der Waals surface area contributed by atoms with Gasteiger partial charge in [-0.2, -0.15) is 0 Å². The molecule has 0 fully saturated rings. The summed E-state index contributed by atoms with van der Waals surface area (Å²) in [6.07, 6.45) is 1.88. The summed E-state index contributed by atoms with van der Waals surface area (Å²) in [5.41, 5.74) is 16.1. The molecular formula is C53H39N5. The van der Waals surface area contributed by atoms with Gasteiger partial charge in [0.1, 0.15) is 0 Å². The van der Waals surface area contributed by atoms with E-state index < -0.39 is 0 Å². The Labute approximate surface area is 339 Å². The summed E-state index contributed by atoms with van der Waals surface area (Å²) in [6.45, 7) is 1.59. The van der Waals surface area contributed by atoms with Gasteiger partial charge in [0.05, 0.1) is 28.5 Å². The zero-order valence-electron chi connectivity index (χ0n) is 31.9. The maximum Gasteiger partial charge on any atom is 0.157 e. The second-order valence-corrected chi connectivity index (χ2v) is 14.5. The molecule has 1 aliphatic rings. The number of hydrogen-bond acceptors (Lipinski definition) is 5. The van der Waals surface area contributed by atoms with E-state index in [2.05, 4.69) is 198 Å².